The van der Waals surface area contributed by atoms with Crippen molar-refractivity contribution in [2.45, 2.75) is 19.4 Å². The molecule has 2 heterocycles. The lowest BCUT2D eigenvalue weighted by molar-refractivity contribution is -0.132. The molecule has 1 aromatic heterocycles. The van der Waals surface area contributed by atoms with Crippen LogP contribution in [0.4, 0.5) is 5.69 Å². The van der Waals surface area contributed by atoms with E-state index in [-0.39, 0.29) is 21.9 Å². The first kappa shape index (κ1) is 23.3. The molecule has 3 aromatic rings. The lowest BCUT2D eigenvalue weighted by Crippen LogP contribution is -2.29. The van der Waals surface area contributed by atoms with Crippen molar-refractivity contribution >= 4 is 34.7 Å². The van der Waals surface area contributed by atoms with E-state index in [9.17, 15) is 14.7 Å². The normalized spacial score (nSPS) is 17.2. The average Bonchev–Trinajstić information content (AvgIpc) is 3.14. The number of anilines is 1. The summed E-state index contributed by atoms with van der Waals surface area (Å²) in [6.07, 6.45) is 2.40. The van der Waals surface area contributed by atoms with E-state index in [1.54, 1.807) is 36.5 Å². The quantitative estimate of drug-likeness (QED) is 0.306. The third-order valence-electron chi connectivity index (χ3n) is 5.76. The van der Waals surface area contributed by atoms with Gasteiger partial charge in [0.15, 0.2) is 0 Å². The van der Waals surface area contributed by atoms with Crippen molar-refractivity contribution in [1.29, 1.82) is 0 Å². The van der Waals surface area contributed by atoms with Gasteiger partial charge in [0.2, 0.25) is 0 Å². The van der Waals surface area contributed by atoms with Gasteiger partial charge in [0.25, 0.3) is 11.7 Å². The predicted octanol–water partition coefficient (Wildman–Crippen LogP) is 4.94. The van der Waals surface area contributed by atoms with E-state index in [0.29, 0.717) is 17.1 Å². The maximum Gasteiger partial charge on any atom is 0.300 e. The molecule has 1 N–H and O–H groups in total. The molecule has 0 radical (unpaired) electrons. The lowest BCUT2D eigenvalue weighted by Gasteiger charge is -2.25. The van der Waals surface area contributed by atoms with Gasteiger partial charge in [-0.1, -0.05) is 36.7 Å². The van der Waals surface area contributed by atoms with Gasteiger partial charge in [-0.3, -0.25) is 19.5 Å². The van der Waals surface area contributed by atoms with Crippen molar-refractivity contribution in [2.75, 3.05) is 19.1 Å². The second-order valence-electron chi connectivity index (χ2n) is 7.63. The molecule has 4 rings (SSSR count). The van der Waals surface area contributed by atoms with Crippen LogP contribution in [0.15, 0.2) is 66.4 Å². The number of benzene rings is 2. The van der Waals surface area contributed by atoms with Crippen LogP contribution in [-0.2, 0) is 16.0 Å². The van der Waals surface area contributed by atoms with Crippen LogP contribution in [0.2, 0.25) is 5.02 Å². The number of hydrogen-bond donors (Lipinski definition) is 1. The number of carbonyl (C=O) groups excluding carboxylic acids is 2. The number of methoxy groups -OCH3 is 2. The number of aromatic nitrogens is 1. The minimum absolute atomic E-state index is 0.109. The number of pyridine rings is 1. The molecule has 1 fully saturated rings. The Balaban J connectivity index is 1.95. The molecule has 7 nitrogen and oxygen atoms in total. The molecule has 34 heavy (non-hydrogen) atoms. The SMILES string of the molecule is CCc1ccc(N2C(=O)C(=O)/C(=C(/O)c3cc(Cl)c(OC)cc3OC)C2c2ccccn2)cc1. The zero-order chi connectivity index (χ0) is 24.4. The van der Waals surface area contributed by atoms with Crippen LogP contribution >= 0.6 is 11.6 Å². The van der Waals surface area contributed by atoms with Gasteiger partial charge < -0.3 is 14.6 Å². The van der Waals surface area contributed by atoms with Crippen LogP contribution < -0.4 is 14.4 Å². The molecule has 1 aliphatic heterocycles. The summed E-state index contributed by atoms with van der Waals surface area (Å²) in [7, 11) is 2.88. The van der Waals surface area contributed by atoms with Crippen LogP contribution in [0.3, 0.4) is 0 Å². The maximum absolute atomic E-state index is 13.3. The van der Waals surface area contributed by atoms with Crippen LogP contribution in [0.5, 0.6) is 11.5 Å². The van der Waals surface area contributed by atoms with Gasteiger partial charge in [0, 0.05) is 18.0 Å². The second-order valence-corrected chi connectivity index (χ2v) is 8.04. The third kappa shape index (κ3) is 3.99. The number of aliphatic hydroxyl groups is 1. The van der Waals surface area contributed by atoms with Crippen molar-refractivity contribution < 1.29 is 24.2 Å². The average molecular weight is 479 g/mol. The van der Waals surface area contributed by atoms with Gasteiger partial charge >= 0.3 is 0 Å². The fraction of sp³-hybridized carbons (Fsp3) is 0.192. The molecule has 0 aliphatic carbocycles. The summed E-state index contributed by atoms with van der Waals surface area (Å²) in [5.74, 6) is -1.44. The zero-order valence-electron chi connectivity index (χ0n) is 18.9. The Morgan fingerprint density at radius 1 is 1.06 bits per heavy atom. The van der Waals surface area contributed by atoms with Crippen LogP contribution in [-0.4, -0.2) is 36.0 Å². The van der Waals surface area contributed by atoms with Gasteiger partial charge in [0.1, 0.15) is 23.3 Å². The van der Waals surface area contributed by atoms with Gasteiger partial charge in [-0.05, 0) is 42.3 Å². The van der Waals surface area contributed by atoms with Crippen molar-refractivity contribution in [3.63, 3.8) is 0 Å². The highest BCUT2D eigenvalue weighted by Gasteiger charge is 2.47. The largest absolute Gasteiger partial charge is 0.507 e. The number of halogens is 1. The molecule has 0 spiro atoms. The molecule has 1 saturated heterocycles. The van der Waals surface area contributed by atoms with E-state index in [0.717, 1.165) is 12.0 Å². The van der Waals surface area contributed by atoms with E-state index in [4.69, 9.17) is 21.1 Å². The number of aryl methyl sites for hydroxylation is 1. The summed E-state index contributed by atoms with van der Waals surface area (Å²) in [5, 5.41) is 11.6. The minimum Gasteiger partial charge on any atom is -0.507 e. The summed E-state index contributed by atoms with van der Waals surface area (Å²) in [6.45, 7) is 2.03. The van der Waals surface area contributed by atoms with Crippen LogP contribution in [0.25, 0.3) is 5.76 Å². The molecule has 0 bridgehead atoms. The van der Waals surface area contributed by atoms with E-state index in [1.807, 2.05) is 19.1 Å². The number of carbonyl (C=O) groups is 2. The number of Topliss-reactive ketones (excluding diaryl/α,β-unsaturated/α-hetero) is 1. The Morgan fingerprint density at radius 2 is 1.76 bits per heavy atom. The predicted molar refractivity (Wildman–Crippen MR) is 129 cm³/mol. The van der Waals surface area contributed by atoms with Gasteiger partial charge in [0.05, 0.1) is 36.1 Å². The topological polar surface area (TPSA) is 89.0 Å². The van der Waals surface area contributed by atoms with Crippen molar-refractivity contribution in [2.24, 2.45) is 0 Å². The third-order valence-corrected chi connectivity index (χ3v) is 6.06. The summed E-state index contributed by atoms with van der Waals surface area (Å²) in [6, 6.07) is 14.6. The molecule has 174 valence electrons. The van der Waals surface area contributed by atoms with Gasteiger partial charge in [-0.15, -0.1) is 0 Å². The van der Waals surface area contributed by atoms with Crippen molar-refractivity contribution in [3.05, 3.63) is 88.2 Å². The second kappa shape index (κ2) is 9.57. The first-order valence-electron chi connectivity index (χ1n) is 10.6. The van der Waals surface area contributed by atoms with E-state index < -0.39 is 23.5 Å². The van der Waals surface area contributed by atoms with Crippen molar-refractivity contribution in [1.82, 2.24) is 4.98 Å². The molecular weight excluding hydrogens is 456 g/mol. The summed E-state index contributed by atoms with van der Waals surface area (Å²) in [5.41, 5.74) is 2.10. The fourth-order valence-electron chi connectivity index (χ4n) is 4.00. The van der Waals surface area contributed by atoms with E-state index >= 15 is 0 Å². The Labute approximate surface area is 202 Å². The zero-order valence-corrected chi connectivity index (χ0v) is 19.7. The van der Waals surface area contributed by atoms with Crippen LogP contribution in [0, 0.1) is 0 Å². The van der Waals surface area contributed by atoms with E-state index in [1.165, 1.54) is 31.3 Å². The Bertz CT molecular complexity index is 1270. The lowest BCUT2D eigenvalue weighted by atomic mass is 9.97. The molecule has 1 amide bonds. The molecule has 1 unspecified atom stereocenters. The minimum atomic E-state index is -0.945. The monoisotopic (exact) mass is 478 g/mol. The smallest absolute Gasteiger partial charge is 0.300 e. The molecule has 8 heteroatoms. The van der Waals surface area contributed by atoms with Gasteiger partial charge in [-0.2, -0.15) is 0 Å². The van der Waals surface area contributed by atoms with E-state index in [2.05, 4.69) is 4.98 Å². The Hall–Kier alpha value is -3.84. The van der Waals surface area contributed by atoms with Gasteiger partial charge in [-0.25, -0.2) is 0 Å². The molecule has 0 saturated carbocycles. The molecular formula is C26H23ClN2O5. The standard InChI is InChI=1S/C26H23ClN2O5/c1-4-15-8-10-16(11-9-15)29-23(19-7-5-6-12-28-19)22(25(31)26(29)32)24(30)17-13-18(27)21(34-3)14-20(17)33-2/h5-14,23,30H,4H2,1-3H3/b24-22+. The number of nitrogens with zero attached hydrogens (tertiary/aromatic N) is 2. The van der Waals surface area contributed by atoms with Crippen LogP contribution in [0.1, 0.15) is 29.8 Å². The highest BCUT2D eigenvalue weighted by atomic mass is 35.5. The summed E-state index contributed by atoms with van der Waals surface area (Å²) in [4.78, 5) is 32.3. The Kier molecular flexibility index (Phi) is 6.56. The first-order chi connectivity index (χ1) is 16.4. The summed E-state index contributed by atoms with van der Waals surface area (Å²) >= 11 is 6.29. The number of amides is 1. The highest BCUT2D eigenvalue weighted by molar-refractivity contribution is 6.51. The highest BCUT2D eigenvalue weighted by Crippen LogP contribution is 2.44. The Morgan fingerprint density at radius 3 is 2.35 bits per heavy atom. The molecule has 2 aromatic carbocycles. The maximum atomic E-state index is 13.3. The fourth-order valence-corrected chi connectivity index (χ4v) is 4.24. The number of ketones is 1. The molecule has 1 aliphatic rings. The molecule has 1 atom stereocenters. The summed E-state index contributed by atoms with van der Waals surface area (Å²) < 4.78 is 10.6. The number of ether oxygens (including phenoxy) is 2. The van der Waals surface area contributed by atoms with Crippen molar-refractivity contribution in [3.8, 4) is 11.5 Å². The number of aliphatic hydroxyl groups excluding tert-OH is 1. The first-order valence-corrected chi connectivity index (χ1v) is 11.0. The number of hydrogen-bond acceptors (Lipinski definition) is 6. The number of rotatable bonds is 6.